The number of rotatable bonds is 3. The number of imidazole rings is 1. The number of hydrogen-bond donors (Lipinski definition) is 2. The molecule has 0 spiro atoms. The van der Waals surface area contributed by atoms with E-state index in [4.69, 9.17) is 17.3 Å². The fourth-order valence-electron chi connectivity index (χ4n) is 1.40. The second-order valence-corrected chi connectivity index (χ2v) is 3.74. The predicted octanol–water partition coefficient (Wildman–Crippen LogP) is 3.07. The molecule has 0 saturated carbocycles. The highest BCUT2D eigenvalue weighted by Crippen LogP contribution is 2.18. The number of nitrogens with zero attached hydrogens (tertiary/aromatic N) is 1. The Kier molecular flexibility index (Phi) is 7.23. The minimum atomic E-state index is 0. The van der Waals surface area contributed by atoms with E-state index in [1.807, 2.05) is 30.5 Å². The van der Waals surface area contributed by atoms with Crippen molar-refractivity contribution in [3.63, 3.8) is 0 Å². The molecule has 1 aromatic heterocycles. The van der Waals surface area contributed by atoms with Crippen molar-refractivity contribution in [2.45, 2.75) is 6.42 Å². The lowest BCUT2D eigenvalue weighted by molar-refractivity contribution is 0.936. The molecule has 0 unspecified atom stereocenters. The molecule has 1 heterocycles. The van der Waals surface area contributed by atoms with Crippen molar-refractivity contribution in [3.8, 4) is 11.4 Å². The Morgan fingerprint density at radius 1 is 1.18 bits per heavy atom. The third-order valence-electron chi connectivity index (χ3n) is 2.16. The smallest absolute Gasteiger partial charge is 0.137 e. The lowest BCUT2D eigenvalue weighted by atomic mass is 10.2. The number of nitrogens with two attached hydrogens (primary N) is 1. The monoisotopic (exact) mass is 293 g/mol. The van der Waals surface area contributed by atoms with Crippen LogP contribution in [0.25, 0.3) is 11.4 Å². The molecule has 3 nitrogen and oxygen atoms in total. The van der Waals surface area contributed by atoms with E-state index in [2.05, 4.69) is 9.97 Å². The maximum absolute atomic E-state index is 5.81. The SMILES string of the molecule is Cl.Cl.NCCc1cnc(-c2ccc(Cl)cc2)[nH]1. The summed E-state index contributed by atoms with van der Waals surface area (Å²) in [6.07, 6.45) is 2.64. The number of halogens is 3. The number of nitrogens with one attached hydrogen (secondary N) is 1. The van der Waals surface area contributed by atoms with Gasteiger partial charge in [-0.15, -0.1) is 24.8 Å². The summed E-state index contributed by atoms with van der Waals surface area (Å²) in [4.78, 5) is 7.50. The summed E-state index contributed by atoms with van der Waals surface area (Å²) in [5.74, 6) is 0.857. The van der Waals surface area contributed by atoms with Crippen LogP contribution in [0.4, 0.5) is 0 Å². The first kappa shape index (κ1) is 16.3. The number of benzene rings is 1. The van der Waals surface area contributed by atoms with Crippen LogP contribution in [-0.2, 0) is 6.42 Å². The van der Waals surface area contributed by atoms with Crippen LogP contribution in [0.1, 0.15) is 5.69 Å². The Morgan fingerprint density at radius 3 is 2.41 bits per heavy atom. The van der Waals surface area contributed by atoms with Gasteiger partial charge in [-0.3, -0.25) is 0 Å². The summed E-state index contributed by atoms with van der Waals surface area (Å²) >= 11 is 5.81. The van der Waals surface area contributed by atoms with Gasteiger partial charge in [0.15, 0.2) is 0 Å². The highest BCUT2D eigenvalue weighted by molar-refractivity contribution is 6.30. The molecule has 0 aliphatic heterocycles. The summed E-state index contributed by atoms with van der Waals surface area (Å²) in [5, 5.41) is 0.729. The van der Waals surface area contributed by atoms with Gasteiger partial charge in [0, 0.05) is 28.9 Å². The summed E-state index contributed by atoms with van der Waals surface area (Å²) in [7, 11) is 0. The van der Waals surface area contributed by atoms with E-state index in [1.54, 1.807) is 0 Å². The van der Waals surface area contributed by atoms with Gasteiger partial charge in [0.25, 0.3) is 0 Å². The van der Waals surface area contributed by atoms with Crippen molar-refractivity contribution in [1.29, 1.82) is 0 Å². The highest BCUT2D eigenvalue weighted by Gasteiger charge is 2.02. The van der Waals surface area contributed by atoms with Crippen LogP contribution in [-0.4, -0.2) is 16.5 Å². The molecule has 0 atom stereocenters. The van der Waals surface area contributed by atoms with Crippen molar-refractivity contribution in [3.05, 3.63) is 41.2 Å². The first-order chi connectivity index (χ1) is 7.29. The average molecular weight is 295 g/mol. The van der Waals surface area contributed by atoms with Crippen molar-refractivity contribution < 1.29 is 0 Å². The van der Waals surface area contributed by atoms with Gasteiger partial charge in [-0.2, -0.15) is 0 Å². The maximum Gasteiger partial charge on any atom is 0.137 e. The molecule has 2 aromatic rings. The molecule has 0 fully saturated rings. The van der Waals surface area contributed by atoms with E-state index < -0.39 is 0 Å². The van der Waals surface area contributed by atoms with Gasteiger partial charge in [0.05, 0.1) is 0 Å². The zero-order valence-electron chi connectivity index (χ0n) is 9.02. The highest BCUT2D eigenvalue weighted by atomic mass is 35.5. The molecule has 0 amide bonds. The second-order valence-electron chi connectivity index (χ2n) is 3.30. The van der Waals surface area contributed by atoms with Crippen LogP contribution >= 0.6 is 36.4 Å². The van der Waals surface area contributed by atoms with Crippen LogP contribution in [0.15, 0.2) is 30.5 Å². The summed E-state index contributed by atoms with van der Waals surface area (Å²) < 4.78 is 0. The van der Waals surface area contributed by atoms with Crippen molar-refractivity contribution in [2.75, 3.05) is 6.54 Å². The van der Waals surface area contributed by atoms with Crippen LogP contribution in [0.2, 0.25) is 5.02 Å². The summed E-state index contributed by atoms with van der Waals surface area (Å²) in [6, 6.07) is 7.57. The Balaban J connectivity index is 0.00000128. The number of H-pyrrole nitrogens is 1. The van der Waals surface area contributed by atoms with Gasteiger partial charge in [-0.1, -0.05) is 11.6 Å². The third-order valence-corrected chi connectivity index (χ3v) is 2.41. The Bertz CT molecular complexity index is 439. The molecule has 1 aromatic carbocycles. The predicted molar refractivity (Wildman–Crippen MR) is 76.3 cm³/mol. The minimum Gasteiger partial charge on any atom is -0.342 e. The Morgan fingerprint density at radius 2 is 1.82 bits per heavy atom. The van der Waals surface area contributed by atoms with Gasteiger partial charge < -0.3 is 10.7 Å². The molecular formula is C11H14Cl3N3. The number of aromatic amines is 1. The first-order valence-corrected chi connectivity index (χ1v) is 5.17. The lowest BCUT2D eigenvalue weighted by Gasteiger charge is -1.96. The molecule has 0 bridgehead atoms. The van der Waals surface area contributed by atoms with Gasteiger partial charge in [0.1, 0.15) is 5.82 Å². The van der Waals surface area contributed by atoms with E-state index in [1.165, 1.54) is 0 Å². The van der Waals surface area contributed by atoms with E-state index in [0.717, 1.165) is 28.5 Å². The van der Waals surface area contributed by atoms with E-state index in [9.17, 15) is 0 Å². The number of aromatic nitrogens is 2. The molecule has 17 heavy (non-hydrogen) atoms. The molecule has 0 saturated heterocycles. The molecule has 0 aliphatic carbocycles. The number of hydrogen-bond acceptors (Lipinski definition) is 2. The fourth-order valence-corrected chi connectivity index (χ4v) is 1.52. The molecule has 6 heteroatoms. The fraction of sp³-hybridized carbons (Fsp3) is 0.182. The van der Waals surface area contributed by atoms with Gasteiger partial charge in [-0.05, 0) is 30.8 Å². The summed E-state index contributed by atoms with van der Waals surface area (Å²) in [6.45, 7) is 0.627. The molecule has 2 rings (SSSR count). The third kappa shape index (κ3) is 4.21. The van der Waals surface area contributed by atoms with E-state index >= 15 is 0 Å². The zero-order valence-corrected chi connectivity index (χ0v) is 11.4. The quantitative estimate of drug-likeness (QED) is 0.914. The topological polar surface area (TPSA) is 54.7 Å². The normalized spacial score (nSPS) is 9.29. The molecule has 3 N–H and O–H groups in total. The minimum absolute atomic E-state index is 0. The van der Waals surface area contributed by atoms with Gasteiger partial charge >= 0.3 is 0 Å². The largest absolute Gasteiger partial charge is 0.342 e. The van der Waals surface area contributed by atoms with Crippen LogP contribution in [0.3, 0.4) is 0 Å². The van der Waals surface area contributed by atoms with Crippen LogP contribution in [0, 0.1) is 0 Å². The summed E-state index contributed by atoms with van der Waals surface area (Å²) in [5.41, 5.74) is 7.55. The zero-order chi connectivity index (χ0) is 10.7. The average Bonchev–Trinajstić information content (AvgIpc) is 2.68. The first-order valence-electron chi connectivity index (χ1n) is 4.79. The maximum atomic E-state index is 5.81. The molecule has 94 valence electrons. The van der Waals surface area contributed by atoms with Crippen molar-refractivity contribution in [1.82, 2.24) is 9.97 Å². The van der Waals surface area contributed by atoms with Gasteiger partial charge in [-0.25, -0.2) is 4.98 Å². The standard InChI is InChI=1S/C11H12ClN3.2ClH/c12-9-3-1-8(2-4-9)11-14-7-10(15-11)5-6-13;;/h1-4,7H,5-6,13H2,(H,14,15);2*1H. The van der Waals surface area contributed by atoms with Crippen LogP contribution < -0.4 is 5.73 Å². The van der Waals surface area contributed by atoms with Crippen molar-refractivity contribution in [2.24, 2.45) is 5.73 Å². The van der Waals surface area contributed by atoms with E-state index in [0.29, 0.717) is 6.54 Å². The Labute approximate surface area is 118 Å². The van der Waals surface area contributed by atoms with Crippen molar-refractivity contribution >= 4 is 36.4 Å². The van der Waals surface area contributed by atoms with Gasteiger partial charge in [0.2, 0.25) is 0 Å². The molecular weight excluding hydrogens is 281 g/mol. The van der Waals surface area contributed by atoms with E-state index in [-0.39, 0.29) is 24.8 Å². The van der Waals surface area contributed by atoms with Crippen LogP contribution in [0.5, 0.6) is 0 Å². The molecule has 0 radical (unpaired) electrons. The second kappa shape index (κ2) is 7.56. The Hall–Kier alpha value is -0.740. The lowest BCUT2D eigenvalue weighted by Crippen LogP contribution is -2.02. The molecule has 0 aliphatic rings.